The Morgan fingerprint density at radius 1 is 1.48 bits per heavy atom. The molecule has 2 rings (SSSR count). The van der Waals surface area contributed by atoms with E-state index in [0.29, 0.717) is 6.42 Å². The number of esters is 1. The number of benzene rings is 1. The fourth-order valence-corrected chi connectivity index (χ4v) is 3.09. The molecule has 0 saturated heterocycles. The minimum atomic E-state index is -0.719. The van der Waals surface area contributed by atoms with Crippen molar-refractivity contribution in [3.63, 3.8) is 0 Å². The van der Waals surface area contributed by atoms with E-state index in [1.807, 2.05) is 5.38 Å². The molecule has 0 bridgehead atoms. The molecule has 0 aliphatic carbocycles. The number of thiazole rings is 1. The van der Waals surface area contributed by atoms with Gasteiger partial charge < -0.3 is 4.74 Å². The summed E-state index contributed by atoms with van der Waals surface area (Å²) in [7, 11) is 0. The van der Waals surface area contributed by atoms with Crippen molar-refractivity contribution in [1.29, 1.82) is 0 Å². The molecule has 3 nitrogen and oxygen atoms in total. The van der Waals surface area contributed by atoms with Crippen LogP contribution in [0, 0.1) is 5.82 Å². The average Bonchev–Trinajstić information content (AvgIpc) is 2.94. The highest BCUT2D eigenvalue weighted by Gasteiger charge is 2.20. The molecule has 0 saturated carbocycles. The number of hydrogen-bond donors (Lipinski definition) is 0. The van der Waals surface area contributed by atoms with Gasteiger partial charge in [-0.25, -0.2) is 9.37 Å². The van der Waals surface area contributed by atoms with Crippen LogP contribution in [0.2, 0.25) is 10.0 Å². The van der Waals surface area contributed by atoms with E-state index in [2.05, 4.69) is 4.98 Å². The molecule has 0 N–H and O–H groups in total. The van der Waals surface area contributed by atoms with Crippen LogP contribution in [-0.2, 0) is 16.0 Å². The smallest absolute Gasteiger partial charge is 0.306 e. The van der Waals surface area contributed by atoms with Crippen LogP contribution in [0.3, 0.4) is 0 Å². The fraction of sp³-hybridized carbons (Fsp3) is 0.286. The predicted octanol–water partition coefficient (Wildman–Crippen LogP) is 4.83. The lowest BCUT2D eigenvalue weighted by Gasteiger charge is -2.16. The molecule has 2 aromatic rings. The maximum absolute atomic E-state index is 13.5. The second kappa shape index (κ2) is 7.20. The van der Waals surface area contributed by atoms with Crippen LogP contribution in [-0.4, -0.2) is 11.0 Å². The second-order valence-electron chi connectivity index (χ2n) is 4.37. The van der Waals surface area contributed by atoms with Crippen molar-refractivity contribution in [3.05, 3.63) is 50.1 Å². The van der Waals surface area contributed by atoms with Gasteiger partial charge in [-0.05, 0) is 19.1 Å². The molecule has 1 aromatic heterocycles. The van der Waals surface area contributed by atoms with E-state index in [4.69, 9.17) is 27.9 Å². The number of carbonyl (C=O) groups excluding carboxylic acids is 1. The summed E-state index contributed by atoms with van der Waals surface area (Å²) in [4.78, 5) is 15.9. The molecular formula is C14H12Cl2FNO2S. The summed E-state index contributed by atoms with van der Waals surface area (Å²) >= 11 is 13.3. The predicted molar refractivity (Wildman–Crippen MR) is 81.4 cm³/mol. The van der Waals surface area contributed by atoms with Crippen LogP contribution in [0.4, 0.5) is 4.39 Å². The first-order valence-corrected chi connectivity index (χ1v) is 7.89. The van der Waals surface area contributed by atoms with E-state index in [1.165, 1.54) is 23.5 Å². The van der Waals surface area contributed by atoms with Crippen molar-refractivity contribution in [2.75, 3.05) is 0 Å². The van der Waals surface area contributed by atoms with Crippen molar-refractivity contribution >= 4 is 40.5 Å². The molecule has 1 aromatic carbocycles. The lowest BCUT2D eigenvalue weighted by atomic mass is 10.1. The quantitative estimate of drug-likeness (QED) is 0.574. The van der Waals surface area contributed by atoms with Gasteiger partial charge in [0, 0.05) is 22.4 Å². The van der Waals surface area contributed by atoms with Crippen molar-refractivity contribution in [3.8, 4) is 0 Å². The summed E-state index contributed by atoms with van der Waals surface area (Å²) in [5.74, 6) is -1.01. The van der Waals surface area contributed by atoms with Crippen LogP contribution in [0.25, 0.3) is 0 Å². The first-order valence-electron chi connectivity index (χ1n) is 6.19. The molecular weight excluding hydrogens is 336 g/mol. The van der Waals surface area contributed by atoms with Gasteiger partial charge in [-0.2, -0.15) is 0 Å². The molecule has 1 heterocycles. The summed E-state index contributed by atoms with van der Waals surface area (Å²) in [5.41, 5.74) is 2.82. The van der Waals surface area contributed by atoms with Crippen LogP contribution in [0.5, 0.6) is 0 Å². The molecule has 0 spiro atoms. The first kappa shape index (κ1) is 16.2. The Morgan fingerprint density at radius 2 is 2.24 bits per heavy atom. The Hall–Kier alpha value is -1.17. The molecule has 112 valence electrons. The van der Waals surface area contributed by atoms with Crippen LogP contribution < -0.4 is 0 Å². The number of rotatable bonds is 5. The Bertz CT molecular complexity index is 634. The van der Waals surface area contributed by atoms with Crippen LogP contribution in [0.15, 0.2) is 23.0 Å². The van der Waals surface area contributed by atoms with Gasteiger partial charge in [0.05, 0.1) is 22.6 Å². The van der Waals surface area contributed by atoms with Crippen LogP contribution >= 0.6 is 34.5 Å². The van der Waals surface area contributed by atoms with E-state index < -0.39 is 17.9 Å². The zero-order valence-electron chi connectivity index (χ0n) is 11.1. The van der Waals surface area contributed by atoms with Gasteiger partial charge in [0.25, 0.3) is 0 Å². The molecule has 0 amide bonds. The zero-order chi connectivity index (χ0) is 15.4. The summed E-state index contributed by atoms with van der Waals surface area (Å²) in [6.45, 7) is 1.60. The van der Waals surface area contributed by atoms with Crippen LogP contribution in [0.1, 0.15) is 30.7 Å². The van der Waals surface area contributed by atoms with Gasteiger partial charge in [-0.1, -0.05) is 23.2 Å². The number of carbonyl (C=O) groups is 1. The molecule has 1 unspecified atom stereocenters. The monoisotopic (exact) mass is 347 g/mol. The van der Waals surface area contributed by atoms with E-state index in [1.54, 1.807) is 12.4 Å². The molecule has 21 heavy (non-hydrogen) atoms. The second-order valence-corrected chi connectivity index (χ2v) is 5.87. The number of aryl methyl sites for hydroxylation is 1. The lowest BCUT2D eigenvalue weighted by molar-refractivity contribution is -0.148. The van der Waals surface area contributed by atoms with Crippen molar-refractivity contribution < 1.29 is 13.9 Å². The van der Waals surface area contributed by atoms with E-state index >= 15 is 0 Å². The Balaban J connectivity index is 1.99. The van der Waals surface area contributed by atoms with Gasteiger partial charge in [0.15, 0.2) is 0 Å². The number of aromatic nitrogens is 1. The third-order valence-corrected chi connectivity index (χ3v) is 4.21. The van der Waals surface area contributed by atoms with Gasteiger partial charge in [-0.15, -0.1) is 11.3 Å². The van der Waals surface area contributed by atoms with Crippen molar-refractivity contribution in [1.82, 2.24) is 4.98 Å². The highest BCUT2D eigenvalue weighted by molar-refractivity contribution is 7.07. The minimum Gasteiger partial charge on any atom is -0.458 e. The zero-order valence-corrected chi connectivity index (χ0v) is 13.4. The maximum atomic E-state index is 13.5. The minimum absolute atomic E-state index is 0.123. The van der Waals surface area contributed by atoms with E-state index in [0.717, 1.165) is 5.69 Å². The van der Waals surface area contributed by atoms with E-state index in [9.17, 15) is 9.18 Å². The highest BCUT2D eigenvalue weighted by Crippen LogP contribution is 2.34. The molecule has 0 aliphatic rings. The summed E-state index contributed by atoms with van der Waals surface area (Å²) < 4.78 is 18.7. The number of nitrogens with zero attached hydrogens (tertiary/aromatic N) is 1. The van der Waals surface area contributed by atoms with Gasteiger partial charge in [0.2, 0.25) is 0 Å². The molecule has 7 heteroatoms. The topological polar surface area (TPSA) is 39.2 Å². The Morgan fingerprint density at radius 3 is 2.90 bits per heavy atom. The van der Waals surface area contributed by atoms with Gasteiger partial charge >= 0.3 is 5.97 Å². The molecule has 0 aliphatic heterocycles. The average molecular weight is 348 g/mol. The SMILES string of the molecule is CC(OC(=O)CCc1cscn1)c1c(Cl)ccc(F)c1Cl. The Labute approximate surface area is 135 Å². The largest absolute Gasteiger partial charge is 0.458 e. The highest BCUT2D eigenvalue weighted by atomic mass is 35.5. The standard InChI is InChI=1S/C14H12Cl2FNO2S/c1-8(13-10(15)3-4-11(17)14(13)16)20-12(19)5-2-9-6-21-7-18-9/h3-4,6-8H,2,5H2,1H3. The number of ether oxygens (including phenoxy) is 1. The number of halogens is 3. The summed E-state index contributed by atoms with van der Waals surface area (Å²) in [5, 5.41) is 2.01. The maximum Gasteiger partial charge on any atom is 0.306 e. The summed E-state index contributed by atoms with van der Waals surface area (Å²) in [6.07, 6.45) is -0.0261. The number of hydrogen-bond acceptors (Lipinski definition) is 4. The summed E-state index contributed by atoms with van der Waals surface area (Å²) in [6, 6.07) is 2.56. The van der Waals surface area contributed by atoms with E-state index in [-0.39, 0.29) is 22.0 Å². The molecule has 1 atom stereocenters. The van der Waals surface area contributed by atoms with Gasteiger partial charge in [0.1, 0.15) is 11.9 Å². The van der Waals surface area contributed by atoms with Gasteiger partial charge in [-0.3, -0.25) is 4.79 Å². The van der Waals surface area contributed by atoms with Crippen molar-refractivity contribution in [2.24, 2.45) is 0 Å². The molecule has 0 fully saturated rings. The lowest BCUT2D eigenvalue weighted by Crippen LogP contribution is -2.11. The fourth-order valence-electron chi connectivity index (χ4n) is 1.82. The normalized spacial score (nSPS) is 12.2. The van der Waals surface area contributed by atoms with Crippen molar-refractivity contribution in [2.45, 2.75) is 25.9 Å². The molecule has 0 radical (unpaired) electrons. The third-order valence-electron chi connectivity index (χ3n) is 2.86. The Kier molecular flexibility index (Phi) is 5.56. The third kappa shape index (κ3) is 4.15. The first-order chi connectivity index (χ1) is 9.99.